The predicted octanol–water partition coefficient (Wildman–Crippen LogP) is 2.61. The number of hydrogen-bond donors (Lipinski definition) is 1. The van der Waals surface area contributed by atoms with Gasteiger partial charge in [-0.2, -0.15) is 0 Å². The molecule has 0 saturated carbocycles. The molecule has 0 aliphatic carbocycles. The van der Waals surface area contributed by atoms with Crippen molar-refractivity contribution in [3.05, 3.63) is 34.4 Å². The van der Waals surface area contributed by atoms with E-state index < -0.39 is 0 Å². The van der Waals surface area contributed by atoms with Gasteiger partial charge in [-0.15, -0.1) is 0 Å². The van der Waals surface area contributed by atoms with Crippen LogP contribution >= 0.6 is 15.9 Å². The van der Waals surface area contributed by atoms with Crippen molar-refractivity contribution in [2.75, 3.05) is 13.7 Å². The standard InChI is InChI=1S/C12H13BrN2O2/c1-16-11-3-2-8(6-10(11)13)12-7-9(4-5-14)15-17-12/h2-3,6-7H,4-5,14H2,1H3. The summed E-state index contributed by atoms with van der Waals surface area (Å²) in [6.45, 7) is 0.568. The van der Waals surface area contributed by atoms with Gasteiger partial charge >= 0.3 is 0 Å². The third-order valence-electron chi connectivity index (χ3n) is 2.40. The molecule has 0 fully saturated rings. The maximum Gasteiger partial charge on any atom is 0.167 e. The van der Waals surface area contributed by atoms with E-state index in [1.54, 1.807) is 7.11 Å². The van der Waals surface area contributed by atoms with Gasteiger partial charge in [0.1, 0.15) is 5.75 Å². The van der Waals surface area contributed by atoms with E-state index in [4.69, 9.17) is 15.0 Å². The lowest BCUT2D eigenvalue weighted by Crippen LogP contribution is -2.02. The quantitative estimate of drug-likeness (QED) is 0.942. The highest BCUT2D eigenvalue weighted by Crippen LogP contribution is 2.30. The van der Waals surface area contributed by atoms with E-state index in [1.807, 2.05) is 24.3 Å². The Morgan fingerprint density at radius 1 is 1.41 bits per heavy atom. The fraction of sp³-hybridized carbons (Fsp3) is 0.250. The van der Waals surface area contributed by atoms with Crippen molar-refractivity contribution >= 4 is 15.9 Å². The molecule has 0 aliphatic rings. The fourth-order valence-corrected chi connectivity index (χ4v) is 2.07. The molecule has 2 N–H and O–H groups in total. The van der Waals surface area contributed by atoms with Crippen LogP contribution in [0.15, 0.2) is 33.3 Å². The van der Waals surface area contributed by atoms with Crippen LogP contribution in [0.1, 0.15) is 5.69 Å². The van der Waals surface area contributed by atoms with Crippen LogP contribution in [0, 0.1) is 0 Å². The van der Waals surface area contributed by atoms with Crippen LogP contribution in [0.2, 0.25) is 0 Å². The zero-order chi connectivity index (χ0) is 12.3. The molecule has 0 unspecified atom stereocenters. The highest BCUT2D eigenvalue weighted by molar-refractivity contribution is 9.10. The molecule has 17 heavy (non-hydrogen) atoms. The molecule has 0 bridgehead atoms. The first-order valence-electron chi connectivity index (χ1n) is 5.24. The van der Waals surface area contributed by atoms with E-state index in [2.05, 4.69) is 21.1 Å². The summed E-state index contributed by atoms with van der Waals surface area (Å²) >= 11 is 3.44. The van der Waals surface area contributed by atoms with Crippen LogP contribution in [-0.4, -0.2) is 18.8 Å². The summed E-state index contributed by atoms with van der Waals surface area (Å²) in [6, 6.07) is 7.65. The van der Waals surface area contributed by atoms with Gasteiger partial charge in [0.2, 0.25) is 0 Å². The Morgan fingerprint density at radius 2 is 2.24 bits per heavy atom. The molecule has 0 spiro atoms. The molecule has 0 radical (unpaired) electrons. The maximum absolute atomic E-state index is 5.46. The number of methoxy groups -OCH3 is 1. The Hall–Kier alpha value is -1.33. The normalized spacial score (nSPS) is 10.5. The van der Waals surface area contributed by atoms with Gasteiger partial charge in [0, 0.05) is 18.1 Å². The summed E-state index contributed by atoms with van der Waals surface area (Å²) in [6.07, 6.45) is 0.723. The molecule has 0 aliphatic heterocycles. The number of hydrogen-bond acceptors (Lipinski definition) is 4. The molecule has 2 rings (SSSR count). The maximum atomic E-state index is 5.46. The van der Waals surface area contributed by atoms with E-state index in [0.29, 0.717) is 6.54 Å². The van der Waals surface area contributed by atoms with Gasteiger partial charge in [0.25, 0.3) is 0 Å². The average molecular weight is 297 g/mol. The van der Waals surface area contributed by atoms with E-state index in [0.717, 1.165) is 33.7 Å². The third-order valence-corrected chi connectivity index (χ3v) is 3.02. The molecule has 0 amide bonds. The molecule has 1 aromatic heterocycles. The van der Waals surface area contributed by atoms with E-state index in [1.165, 1.54) is 0 Å². The molecule has 1 heterocycles. The van der Waals surface area contributed by atoms with Crippen molar-refractivity contribution < 1.29 is 9.26 Å². The lowest BCUT2D eigenvalue weighted by Gasteiger charge is -2.03. The molecular formula is C12H13BrN2O2. The zero-order valence-electron chi connectivity index (χ0n) is 9.44. The molecule has 1 aromatic carbocycles. The minimum Gasteiger partial charge on any atom is -0.496 e. The minimum absolute atomic E-state index is 0.568. The molecule has 2 aromatic rings. The summed E-state index contributed by atoms with van der Waals surface area (Å²) in [5.74, 6) is 1.52. The number of rotatable bonds is 4. The van der Waals surface area contributed by atoms with Gasteiger partial charge in [0.15, 0.2) is 5.76 Å². The van der Waals surface area contributed by atoms with Crippen LogP contribution < -0.4 is 10.5 Å². The zero-order valence-corrected chi connectivity index (χ0v) is 11.0. The third kappa shape index (κ3) is 2.68. The van der Waals surface area contributed by atoms with Gasteiger partial charge in [-0.3, -0.25) is 0 Å². The first-order valence-corrected chi connectivity index (χ1v) is 6.03. The van der Waals surface area contributed by atoms with Crippen LogP contribution in [-0.2, 0) is 6.42 Å². The number of nitrogens with zero attached hydrogens (tertiary/aromatic N) is 1. The second-order valence-electron chi connectivity index (χ2n) is 3.57. The van der Waals surface area contributed by atoms with E-state index in [-0.39, 0.29) is 0 Å². The van der Waals surface area contributed by atoms with Crippen molar-refractivity contribution in [3.8, 4) is 17.1 Å². The first kappa shape index (κ1) is 12.1. The Labute approximate surface area is 108 Å². The van der Waals surface area contributed by atoms with Gasteiger partial charge in [-0.1, -0.05) is 5.16 Å². The van der Waals surface area contributed by atoms with Gasteiger partial charge in [-0.25, -0.2) is 0 Å². The number of nitrogens with two attached hydrogens (primary N) is 1. The smallest absolute Gasteiger partial charge is 0.167 e. The van der Waals surface area contributed by atoms with E-state index >= 15 is 0 Å². The summed E-state index contributed by atoms with van der Waals surface area (Å²) in [7, 11) is 1.63. The van der Waals surface area contributed by atoms with Crippen LogP contribution in [0.3, 0.4) is 0 Å². The van der Waals surface area contributed by atoms with Crippen molar-refractivity contribution in [2.24, 2.45) is 5.73 Å². The van der Waals surface area contributed by atoms with Crippen molar-refractivity contribution in [3.63, 3.8) is 0 Å². The Balaban J connectivity index is 2.29. The fourth-order valence-electron chi connectivity index (χ4n) is 1.53. The summed E-state index contributed by atoms with van der Waals surface area (Å²) in [5, 5.41) is 3.95. The number of benzene rings is 1. The monoisotopic (exact) mass is 296 g/mol. The first-order chi connectivity index (χ1) is 8.24. The average Bonchev–Trinajstić information content (AvgIpc) is 2.78. The van der Waals surface area contributed by atoms with E-state index in [9.17, 15) is 0 Å². The van der Waals surface area contributed by atoms with Crippen molar-refractivity contribution in [2.45, 2.75) is 6.42 Å². The van der Waals surface area contributed by atoms with Crippen molar-refractivity contribution in [1.29, 1.82) is 0 Å². The highest BCUT2D eigenvalue weighted by atomic mass is 79.9. The Bertz CT molecular complexity index is 511. The Morgan fingerprint density at radius 3 is 2.88 bits per heavy atom. The summed E-state index contributed by atoms with van der Waals surface area (Å²) < 4.78 is 11.3. The topological polar surface area (TPSA) is 61.3 Å². The van der Waals surface area contributed by atoms with Crippen LogP contribution in [0.25, 0.3) is 11.3 Å². The van der Waals surface area contributed by atoms with Crippen LogP contribution in [0.5, 0.6) is 5.75 Å². The lowest BCUT2D eigenvalue weighted by molar-refractivity contribution is 0.411. The number of ether oxygens (including phenoxy) is 1. The largest absolute Gasteiger partial charge is 0.496 e. The van der Waals surface area contributed by atoms with Crippen molar-refractivity contribution in [1.82, 2.24) is 5.16 Å². The molecule has 4 nitrogen and oxygen atoms in total. The molecule has 0 atom stereocenters. The number of aromatic nitrogens is 1. The summed E-state index contributed by atoms with van der Waals surface area (Å²) in [4.78, 5) is 0. The molecular weight excluding hydrogens is 284 g/mol. The summed E-state index contributed by atoms with van der Waals surface area (Å²) in [5.41, 5.74) is 7.29. The molecule has 0 saturated heterocycles. The molecule has 90 valence electrons. The van der Waals surface area contributed by atoms with Crippen LogP contribution in [0.4, 0.5) is 0 Å². The Kier molecular flexibility index (Phi) is 3.81. The number of halogens is 1. The second kappa shape index (κ2) is 5.33. The van der Waals surface area contributed by atoms with Gasteiger partial charge < -0.3 is 15.0 Å². The van der Waals surface area contributed by atoms with Gasteiger partial charge in [0.05, 0.1) is 17.3 Å². The molecule has 5 heteroatoms. The predicted molar refractivity (Wildman–Crippen MR) is 68.9 cm³/mol. The highest BCUT2D eigenvalue weighted by Gasteiger charge is 2.08. The van der Waals surface area contributed by atoms with Gasteiger partial charge in [-0.05, 0) is 40.7 Å². The minimum atomic E-state index is 0.568. The second-order valence-corrected chi connectivity index (χ2v) is 4.42. The SMILES string of the molecule is COc1ccc(-c2cc(CCN)no2)cc1Br. The lowest BCUT2D eigenvalue weighted by atomic mass is 10.1.